The number of likely N-dealkylation sites (tertiary alicyclic amines) is 1. The summed E-state index contributed by atoms with van der Waals surface area (Å²) in [5, 5.41) is 11.6. The Balaban J connectivity index is 2.59. The van der Waals surface area contributed by atoms with Gasteiger partial charge in [0, 0.05) is 13.1 Å². The van der Waals surface area contributed by atoms with E-state index in [9.17, 15) is 14.4 Å². The smallest absolute Gasteiger partial charge is 0.326 e. The number of aliphatic carboxylic acids is 1. The van der Waals surface area contributed by atoms with E-state index < -0.39 is 23.9 Å². The van der Waals surface area contributed by atoms with Crippen LogP contribution in [0.5, 0.6) is 0 Å². The SMILES string of the molecule is CCC(C)[C@H](NC(=O)N1CCC(C(N)=O)C1)C(=O)O. The average Bonchev–Trinajstić information content (AvgIpc) is 2.84. The van der Waals surface area contributed by atoms with E-state index in [1.54, 1.807) is 6.92 Å². The summed E-state index contributed by atoms with van der Waals surface area (Å²) in [4.78, 5) is 35.5. The molecule has 7 nitrogen and oxygen atoms in total. The lowest BCUT2D eigenvalue weighted by atomic mass is 9.99. The number of carboxylic acid groups (broad SMARTS) is 1. The summed E-state index contributed by atoms with van der Waals surface area (Å²) >= 11 is 0. The van der Waals surface area contributed by atoms with Crippen LogP contribution in [0.1, 0.15) is 26.7 Å². The molecule has 1 aliphatic heterocycles. The summed E-state index contributed by atoms with van der Waals surface area (Å²) in [6.45, 7) is 4.32. The highest BCUT2D eigenvalue weighted by molar-refractivity contribution is 5.84. The van der Waals surface area contributed by atoms with Gasteiger partial charge in [-0.1, -0.05) is 20.3 Å². The maximum absolute atomic E-state index is 11.9. The molecule has 7 heteroatoms. The Kier molecular flexibility index (Phi) is 5.14. The van der Waals surface area contributed by atoms with E-state index in [2.05, 4.69) is 5.32 Å². The summed E-state index contributed by atoms with van der Waals surface area (Å²) in [5.41, 5.74) is 5.19. The van der Waals surface area contributed by atoms with Crippen molar-refractivity contribution in [2.24, 2.45) is 17.6 Å². The summed E-state index contributed by atoms with van der Waals surface area (Å²) in [6.07, 6.45) is 1.19. The number of hydrogen-bond acceptors (Lipinski definition) is 3. The maximum Gasteiger partial charge on any atom is 0.326 e. The van der Waals surface area contributed by atoms with Gasteiger partial charge in [-0.3, -0.25) is 4.79 Å². The average molecular weight is 271 g/mol. The van der Waals surface area contributed by atoms with Crippen LogP contribution in [0, 0.1) is 11.8 Å². The molecule has 1 fully saturated rings. The Bertz CT molecular complexity index is 372. The Morgan fingerprint density at radius 1 is 1.47 bits per heavy atom. The van der Waals surface area contributed by atoms with E-state index >= 15 is 0 Å². The number of hydrogen-bond donors (Lipinski definition) is 3. The van der Waals surface area contributed by atoms with Crippen molar-refractivity contribution in [1.82, 2.24) is 10.2 Å². The monoisotopic (exact) mass is 271 g/mol. The van der Waals surface area contributed by atoms with Crippen molar-refractivity contribution in [3.05, 3.63) is 0 Å². The highest BCUT2D eigenvalue weighted by atomic mass is 16.4. The molecule has 4 N–H and O–H groups in total. The van der Waals surface area contributed by atoms with E-state index in [-0.39, 0.29) is 18.4 Å². The van der Waals surface area contributed by atoms with Crippen LogP contribution < -0.4 is 11.1 Å². The molecule has 0 saturated carbocycles. The van der Waals surface area contributed by atoms with Gasteiger partial charge >= 0.3 is 12.0 Å². The molecule has 19 heavy (non-hydrogen) atoms. The first-order chi connectivity index (χ1) is 8.86. The molecule has 0 bridgehead atoms. The molecule has 2 unspecified atom stereocenters. The molecule has 108 valence electrons. The number of primary amides is 1. The van der Waals surface area contributed by atoms with E-state index in [1.807, 2.05) is 6.92 Å². The summed E-state index contributed by atoms with van der Waals surface area (Å²) in [7, 11) is 0. The zero-order chi connectivity index (χ0) is 14.6. The number of nitrogens with two attached hydrogens (primary N) is 1. The van der Waals surface area contributed by atoms with Crippen molar-refractivity contribution in [3.63, 3.8) is 0 Å². The lowest BCUT2D eigenvalue weighted by Gasteiger charge is -2.24. The number of amides is 3. The molecule has 0 aromatic heterocycles. The second-order valence-electron chi connectivity index (χ2n) is 4.98. The topological polar surface area (TPSA) is 113 Å². The van der Waals surface area contributed by atoms with Gasteiger partial charge in [-0.15, -0.1) is 0 Å². The molecular formula is C12H21N3O4. The van der Waals surface area contributed by atoms with E-state index in [0.717, 1.165) is 0 Å². The number of nitrogens with zero attached hydrogens (tertiary/aromatic N) is 1. The molecular weight excluding hydrogens is 250 g/mol. The van der Waals surface area contributed by atoms with Gasteiger partial charge in [-0.05, 0) is 12.3 Å². The number of rotatable bonds is 5. The minimum Gasteiger partial charge on any atom is -0.480 e. The van der Waals surface area contributed by atoms with Crippen LogP contribution in [0.15, 0.2) is 0 Å². The van der Waals surface area contributed by atoms with E-state index in [1.165, 1.54) is 4.90 Å². The van der Waals surface area contributed by atoms with Crippen molar-refractivity contribution >= 4 is 17.9 Å². The molecule has 3 atom stereocenters. The van der Waals surface area contributed by atoms with E-state index in [0.29, 0.717) is 19.4 Å². The Morgan fingerprint density at radius 2 is 2.11 bits per heavy atom. The van der Waals surface area contributed by atoms with Crippen molar-refractivity contribution in [2.75, 3.05) is 13.1 Å². The van der Waals surface area contributed by atoms with Crippen LogP contribution in [-0.2, 0) is 9.59 Å². The quantitative estimate of drug-likeness (QED) is 0.653. The fourth-order valence-corrected chi connectivity index (χ4v) is 2.08. The minimum atomic E-state index is -1.05. The van der Waals surface area contributed by atoms with Gasteiger partial charge in [0.25, 0.3) is 0 Å². The van der Waals surface area contributed by atoms with Gasteiger partial charge < -0.3 is 21.1 Å². The molecule has 0 aromatic carbocycles. The summed E-state index contributed by atoms with van der Waals surface area (Å²) < 4.78 is 0. The van der Waals surface area contributed by atoms with Crippen LogP contribution in [0.25, 0.3) is 0 Å². The Labute approximate surface area is 112 Å². The first-order valence-electron chi connectivity index (χ1n) is 6.44. The zero-order valence-electron chi connectivity index (χ0n) is 11.3. The van der Waals surface area contributed by atoms with Crippen molar-refractivity contribution in [3.8, 4) is 0 Å². The first kappa shape index (κ1) is 15.3. The second kappa shape index (κ2) is 6.40. The normalized spacial score (nSPS) is 21.8. The van der Waals surface area contributed by atoms with E-state index in [4.69, 9.17) is 10.8 Å². The van der Waals surface area contributed by atoms with Gasteiger partial charge in [0.15, 0.2) is 0 Å². The fraction of sp³-hybridized carbons (Fsp3) is 0.750. The summed E-state index contributed by atoms with van der Waals surface area (Å²) in [5.74, 6) is -1.96. The molecule has 0 spiro atoms. The molecule has 1 aliphatic rings. The van der Waals surface area contributed by atoms with Crippen LogP contribution in [0.2, 0.25) is 0 Å². The van der Waals surface area contributed by atoms with Crippen molar-refractivity contribution in [1.29, 1.82) is 0 Å². The standard InChI is InChI=1S/C12H21N3O4/c1-3-7(2)9(11(17)18)14-12(19)15-5-4-8(6-15)10(13)16/h7-9H,3-6H2,1-2H3,(H2,13,16)(H,14,19)(H,17,18)/t7?,8?,9-/m0/s1. The van der Waals surface area contributed by atoms with Crippen LogP contribution in [0.3, 0.4) is 0 Å². The Morgan fingerprint density at radius 3 is 2.53 bits per heavy atom. The van der Waals surface area contributed by atoms with Crippen LogP contribution in [-0.4, -0.2) is 47.0 Å². The predicted octanol–water partition coefficient (Wildman–Crippen LogP) is 0.00250. The third-order valence-electron chi connectivity index (χ3n) is 3.64. The largest absolute Gasteiger partial charge is 0.480 e. The van der Waals surface area contributed by atoms with Gasteiger partial charge in [-0.25, -0.2) is 9.59 Å². The van der Waals surface area contributed by atoms with Crippen LogP contribution >= 0.6 is 0 Å². The summed E-state index contributed by atoms with van der Waals surface area (Å²) in [6, 6.07) is -1.36. The third kappa shape index (κ3) is 3.84. The molecule has 3 amide bonds. The van der Waals surface area contributed by atoms with Gasteiger partial charge in [0.05, 0.1) is 5.92 Å². The molecule has 0 radical (unpaired) electrons. The third-order valence-corrected chi connectivity index (χ3v) is 3.64. The molecule has 0 aromatic rings. The molecule has 1 heterocycles. The highest BCUT2D eigenvalue weighted by Gasteiger charge is 2.32. The lowest BCUT2D eigenvalue weighted by molar-refractivity contribution is -0.140. The minimum absolute atomic E-state index is 0.156. The van der Waals surface area contributed by atoms with Crippen molar-refractivity contribution in [2.45, 2.75) is 32.7 Å². The van der Waals surface area contributed by atoms with Gasteiger partial charge in [-0.2, -0.15) is 0 Å². The number of nitrogens with one attached hydrogen (secondary N) is 1. The number of urea groups is 1. The van der Waals surface area contributed by atoms with Gasteiger partial charge in [0.1, 0.15) is 6.04 Å². The fourth-order valence-electron chi connectivity index (χ4n) is 2.08. The lowest BCUT2D eigenvalue weighted by Crippen LogP contribution is -2.50. The Hall–Kier alpha value is -1.79. The second-order valence-corrected chi connectivity index (χ2v) is 4.98. The molecule has 1 rings (SSSR count). The van der Waals surface area contributed by atoms with Crippen LogP contribution in [0.4, 0.5) is 4.79 Å². The predicted molar refractivity (Wildman–Crippen MR) is 68.3 cm³/mol. The number of carbonyl (C=O) groups excluding carboxylic acids is 2. The number of carboxylic acids is 1. The maximum atomic E-state index is 11.9. The molecule has 0 aliphatic carbocycles. The van der Waals surface area contributed by atoms with Crippen molar-refractivity contribution < 1.29 is 19.5 Å². The highest BCUT2D eigenvalue weighted by Crippen LogP contribution is 2.16. The molecule has 1 saturated heterocycles. The zero-order valence-corrected chi connectivity index (χ0v) is 11.3. The first-order valence-corrected chi connectivity index (χ1v) is 6.44. The number of carbonyl (C=O) groups is 3. The van der Waals surface area contributed by atoms with Gasteiger partial charge in [0.2, 0.25) is 5.91 Å².